The summed E-state index contributed by atoms with van der Waals surface area (Å²) < 4.78 is 0. The molecule has 0 aliphatic rings. The van der Waals surface area contributed by atoms with Crippen LogP contribution in [-0.4, -0.2) is 52.4 Å². The van der Waals surface area contributed by atoms with Crippen LogP contribution in [0, 0.1) is 5.92 Å². The van der Waals surface area contributed by atoms with Crippen LogP contribution in [0.25, 0.3) is 0 Å². The minimum atomic E-state index is -1.50. The van der Waals surface area contributed by atoms with E-state index >= 15 is 0 Å². The highest BCUT2D eigenvalue weighted by molar-refractivity contribution is 5.97. The predicted molar refractivity (Wildman–Crippen MR) is 105 cm³/mol. The third-order valence-electron chi connectivity index (χ3n) is 4.72. The standard InChI is InChI=1S/C20H31N3O5/c1-13(2)11-12-15(24)18(26)23(28)19(27)22-16(17(25)21-5)20(3,4)14-9-7-6-8-10-14/h6-10,13,15-16,24,28H,11-12H2,1-5H3,(H,21,25)(H,22,27)/t15-,16+/m0/s1. The van der Waals surface area contributed by atoms with Crippen molar-refractivity contribution in [3.63, 3.8) is 0 Å². The Bertz CT molecular complexity index is 676. The zero-order chi connectivity index (χ0) is 21.5. The van der Waals surface area contributed by atoms with Crippen molar-refractivity contribution >= 4 is 17.8 Å². The Labute approximate surface area is 165 Å². The lowest BCUT2D eigenvalue weighted by Gasteiger charge is -2.34. The maximum Gasteiger partial charge on any atom is 0.349 e. The molecular formula is C20H31N3O5. The SMILES string of the molecule is CNC(=O)[C@@H](NC(=O)N(O)C(=O)[C@@H](O)CCC(C)C)C(C)(C)c1ccccc1. The summed E-state index contributed by atoms with van der Waals surface area (Å²) >= 11 is 0. The van der Waals surface area contributed by atoms with Crippen molar-refractivity contribution in [3.05, 3.63) is 35.9 Å². The number of hydrogen-bond donors (Lipinski definition) is 4. The van der Waals surface area contributed by atoms with Gasteiger partial charge in [0, 0.05) is 12.5 Å². The number of amides is 4. The number of hydrogen-bond acceptors (Lipinski definition) is 5. The van der Waals surface area contributed by atoms with Crippen LogP contribution in [0.4, 0.5) is 4.79 Å². The Morgan fingerprint density at radius 3 is 2.18 bits per heavy atom. The number of imide groups is 1. The molecule has 8 nitrogen and oxygen atoms in total. The molecule has 28 heavy (non-hydrogen) atoms. The van der Waals surface area contributed by atoms with Gasteiger partial charge in [0.15, 0.2) is 0 Å². The normalized spacial score (nSPS) is 13.6. The number of aliphatic hydroxyl groups is 1. The summed E-state index contributed by atoms with van der Waals surface area (Å²) in [5.74, 6) is -1.36. The van der Waals surface area contributed by atoms with E-state index in [4.69, 9.17) is 0 Å². The number of urea groups is 1. The van der Waals surface area contributed by atoms with Gasteiger partial charge in [-0.05, 0) is 24.3 Å². The monoisotopic (exact) mass is 393 g/mol. The number of carbonyl (C=O) groups is 3. The van der Waals surface area contributed by atoms with E-state index < -0.39 is 35.4 Å². The van der Waals surface area contributed by atoms with Crippen LogP contribution < -0.4 is 10.6 Å². The molecule has 0 aromatic heterocycles. The molecule has 0 fully saturated rings. The molecule has 1 aromatic rings. The number of benzene rings is 1. The highest BCUT2D eigenvalue weighted by Crippen LogP contribution is 2.27. The Morgan fingerprint density at radius 2 is 1.68 bits per heavy atom. The molecule has 0 bridgehead atoms. The van der Waals surface area contributed by atoms with Crippen LogP contribution in [0.1, 0.15) is 46.1 Å². The first-order valence-electron chi connectivity index (χ1n) is 9.30. The number of likely N-dealkylation sites (N-methyl/N-ethyl adjacent to an activating group) is 1. The average molecular weight is 393 g/mol. The van der Waals surface area contributed by atoms with Crippen LogP contribution in [-0.2, 0) is 15.0 Å². The topological polar surface area (TPSA) is 119 Å². The van der Waals surface area contributed by atoms with Crippen LogP contribution in [0.15, 0.2) is 30.3 Å². The average Bonchev–Trinajstić information content (AvgIpc) is 2.68. The van der Waals surface area contributed by atoms with Crippen molar-refractivity contribution in [2.24, 2.45) is 5.92 Å². The van der Waals surface area contributed by atoms with Gasteiger partial charge in [-0.15, -0.1) is 5.06 Å². The summed E-state index contributed by atoms with van der Waals surface area (Å²) in [5, 5.41) is 24.6. The van der Waals surface area contributed by atoms with E-state index in [-0.39, 0.29) is 17.4 Å². The fraction of sp³-hybridized carbons (Fsp3) is 0.550. The lowest BCUT2D eigenvalue weighted by atomic mass is 9.77. The molecule has 156 valence electrons. The smallest absolute Gasteiger partial charge is 0.349 e. The molecule has 0 spiro atoms. The van der Waals surface area contributed by atoms with Crippen LogP contribution in [0.3, 0.4) is 0 Å². The van der Waals surface area contributed by atoms with Crippen molar-refractivity contribution in [2.75, 3.05) is 7.05 Å². The fourth-order valence-electron chi connectivity index (χ4n) is 2.79. The number of rotatable bonds is 8. The van der Waals surface area contributed by atoms with E-state index in [1.165, 1.54) is 7.05 Å². The molecule has 0 aliphatic heterocycles. The number of aliphatic hydroxyl groups excluding tert-OH is 1. The summed E-state index contributed by atoms with van der Waals surface area (Å²) in [6.45, 7) is 7.40. The Kier molecular flexibility index (Phi) is 8.59. The predicted octanol–water partition coefficient (Wildman–Crippen LogP) is 1.80. The molecule has 4 amide bonds. The number of carbonyl (C=O) groups excluding carboxylic acids is 3. The van der Waals surface area contributed by atoms with Crippen molar-refractivity contribution in [1.29, 1.82) is 0 Å². The molecule has 2 atom stereocenters. The van der Waals surface area contributed by atoms with E-state index in [0.29, 0.717) is 6.42 Å². The van der Waals surface area contributed by atoms with Gasteiger partial charge in [-0.2, -0.15) is 0 Å². The molecule has 0 unspecified atom stereocenters. The molecule has 0 heterocycles. The first-order chi connectivity index (χ1) is 13.0. The second-order valence-corrected chi connectivity index (χ2v) is 7.72. The van der Waals surface area contributed by atoms with Crippen molar-refractivity contribution < 1.29 is 24.7 Å². The largest absolute Gasteiger partial charge is 0.383 e. The van der Waals surface area contributed by atoms with Crippen LogP contribution in [0.2, 0.25) is 0 Å². The highest BCUT2D eigenvalue weighted by atomic mass is 16.5. The highest BCUT2D eigenvalue weighted by Gasteiger charge is 2.39. The quantitative estimate of drug-likeness (QED) is 0.397. The minimum absolute atomic E-state index is 0.120. The number of hydroxylamine groups is 2. The van der Waals surface area contributed by atoms with Crippen molar-refractivity contribution in [2.45, 2.75) is 58.1 Å². The Hall–Kier alpha value is -2.45. The summed E-state index contributed by atoms with van der Waals surface area (Å²) in [4.78, 5) is 36.9. The van der Waals surface area contributed by atoms with Crippen molar-refractivity contribution in [1.82, 2.24) is 15.7 Å². The Morgan fingerprint density at radius 1 is 1.11 bits per heavy atom. The van der Waals surface area contributed by atoms with Crippen LogP contribution in [0.5, 0.6) is 0 Å². The number of nitrogens with zero attached hydrogens (tertiary/aromatic N) is 1. The van der Waals surface area contributed by atoms with Gasteiger partial charge in [0.1, 0.15) is 12.1 Å². The van der Waals surface area contributed by atoms with Gasteiger partial charge >= 0.3 is 6.03 Å². The van der Waals surface area contributed by atoms with Gasteiger partial charge in [0.25, 0.3) is 5.91 Å². The molecule has 1 rings (SSSR count). The molecule has 0 saturated carbocycles. The minimum Gasteiger partial charge on any atom is -0.383 e. The van der Waals surface area contributed by atoms with Gasteiger partial charge in [-0.3, -0.25) is 14.8 Å². The lowest BCUT2D eigenvalue weighted by molar-refractivity contribution is -0.163. The van der Waals surface area contributed by atoms with Crippen molar-refractivity contribution in [3.8, 4) is 0 Å². The summed E-state index contributed by atoms with van der Waals surface area (Å²) in [5.41, 5.74) is -0.0476. The van der Waals surface area contributed by atoms with Gasteiger partial charge in [-0.25, -0.2) is 4.79 Å². The Balaban J connectivity index is 2.96. The summed E-state index contributed by atoms with van der Waals surface area (Å²) in [6.07, 6.45) is -0.821. The van der Waals surface area contributed by atoms with E-state index in [2.05, 4.69) is 10.6 Å². The van der Waals surface area contributed by atoms with E-state index in [1.54, 1.807) is 13.8 Å². The first kappa shape index (κ1) is 23.6. The van der Waals surface area contributed by atoms with Gasteiger partial charge in [0.05, 0.1) is 0 Å². The van der Waals surface area contributed by atoms with Gasteiger partial charge in [0.2, 0.25) is 5.91 Å². The maximum absolute atomic E-state index is 12.4. The lowest BCUT2D eigenvalue weighted by Crippen LogP contribution is -2.59. The maximum atomic E-state index is 12.4. The second kappa shape index (κ2) is 10.2. The zero-order valence-corrected chi connectivity index (χ0v) is 17.1. The third kappa shape index (κ3) is 6.03. The third-order valence-corrected chi connectivity index (χ3v) is 4.72. The van der Waals surface area contributed by atoms with E-state index in [0.717, 1.165) is 5.56 Å². The first-order valence-corrected chi connectivity index (χ1v) is 9.30. The van der Waals surface area contributed by atoms with Crippen LogP contribution >= 0.6 is 0 Å². The molecule has 8 heteroatoms. The fourth-order valence-corrected chi connectivity index (χ4v) is 2.79. The molecule has 4 N–H and O–H groups in total. The summed E-state index contributed by atoms with van der Waals surface area (Å²) in [7, 11) is 1.43. The molecular weight excluding hydrogens is 362 g/mol. The molecule has 0 aliphatic carbocycles. The zero-order valence-electron chi connectivity index (χ0n) is 17.1. The van der Waals surface area contributed by atoms with Gasteiger partial charge < -0.3 is 15.7 Å². The molecule has 0 radical (unpaired) electrons. The van der Waals surface area contributed by atoms with Gasteiger partial charge in [-0.1, -0.05) is 58.0 Å². The summed E-state index contributed by atoms with van der Waals surface area (Å²) in [6, 6.07) is 6.85. The van der Waals surface area contributed by atoms with E-state index in [1.807, 2.05) is 44.2 Å². The molecule has 0 saturated heterocycles. The molecule has 1 aromatic carbocycles. The second-order valence-electron chi connectivity index (χ2n) is 7.72. The number of nitrogens with one attached hydrogen (secondary N) is 2. The van der Waals surface area contributed by atoms with E-state index in [9.17, 15) is 24.7 Å².